The number of benzene rings is 1. The summed E-state index contributed by atoms with van der Waals surface area (Å²) in [7, 11) is 0. The fourth-order valence-corrected chi connectivity index (χ4v) is 3.00. The summed E-state index contributed by atoms with van der Waals surface area (Å²) in [6, 6.07) is 8.53. The number of aromatic nitrogens is 2. The first-order chi connectivity index (χ1) is 14.1. The van der Waals surface area contributed by atoms with Crippen molar-refractivity contribution in [1.29, 1.82) is 0 Å². The van der Waals surface area contributed by atoms with Gasteiger partial charge in [-0.1, -0.05) is 29.8 Å². The van der Waals surface area contributed by atoms with Crippen LogP contribution in [0.2, 0.25) is 5.02 Å². The van der Waals surface area contributed by atoms with Crippen LogP contribution in [-0.4, -0.2) is 22.4 Å². The van der Waals surface area contributed by atoms with Gasteiger partial charge in [0.2, 0.25) is 0 Å². The number of alkyl halides is 5. The van der Waals surface area contributed by atoms with E-state index in [1.54, 1.807) is 18.3 Å². The SMILES string of the molecule is O=C(NCC(F)(F)c1ncc(-c2cccnc2)cc1Cl)c1ccccc1C(F)(F)F. The molecule has 0 saturated heterocycles. The second kappa shape index (κ2) is 8.35. The van der Waals surface area contributed by atoms with Gasteiger partial charge in [0, 0.05) is 29.7 Å². The average Bonchev–Trinajstić information content (AvgIpc) is 2.72. The van der Waals surface area contributed by atoms with Gasteiger partial charge in [0.15, 0.2) is 0 Å². The van der Waals surface area contributed by atoms with Crippen LogP contribution >= 0.6 is 11.6 Å². The van der Waals surface area contributed by atoms with Crippen LogP contribution in [0.5, 0.6) is 0 Å². The molecule has 0 saturated carbocycles. The van der Waals surface area contributed by atoms with Crippen LogP contribution in [-0.2, 0) is 12.1 Å². The van der Waals surface area contributed by atoms with E-state index in [9.17, 15) is 26.7 Å². The molecule has 3 rings (SSSR count). The van der Waals surface area contributed by atoms with E-state index in [1.165, 1.54) is 24.5 Å². The molecule has 0 atom stereocenters. The Hall–Kier alpha value is -3.07. The van der Waals surface area contributed by atoms with Crippen molar-refractivity contribution in [3.05, 3.63) is 82.9 Å². The summed E-state index contributed by atoms with van der Waals surface area (Å²) >= 11 is 5.96. The van der Waals surface area contributed by atoms with Crippen molar-refractivity contribution in [3.8, 4) is 11.1 Å². The van der Waals surface area contributed by atoms with Gasteiger partial charge in [-0.2, -0.15) is 22.0 Å². The molecule has 0 aliphatic heterocycles. The molecular weight excluding hydrogens is 429 g/mol. The lowest BCUT2D eigenvalue weighted by molar-refractivity contribution is -0.137. The fourth-order valence-electron chi connectivity index (χ4n) is 2.70. The van der Waals surface area contributed by atoms with Gasteiger partial charge in [-0.25, -0.2) is 0 Å². The number of carbonyl (C=O) groups is 1. The molecule has 3 aromatic rings. The second-order valence-corrected chi connectivity index (χ2v) is 6.63. The highest BCUT2D eigenvalue weighted by Crippen LogP contribution is 2.34. The van der Waals surface area contributed by atoms with Gasteiger partial charge in [0.1, 0.15) is 5.69 Å². The first kappa shape index (κ1) is 21.6. The van der Waals surface area contributed by atoms with E-state index >= 15 is 0 Å². The first-order valence-electron chi connectivity index (χ1n) is 8.48. The Morgan fingerprint density at radius 3 is 2.37 bits per heavy atom. The van der Waals surface area contributed by atoms with Crippen molar-refractivity contribution in [3.63, 3.8) is 0 Å². The highest BCUT2D eigenvalue weighted by Gasteiger charge is 2.38. The molecule has 0 radical (unpaired) electrons. The molecule has 1 amide bonds. The number of pyridine rings is 2. The van der Waals surface area contributed by atoms with E-state index in [0.717, 1.165) is 12.1 Å². The molecule has 30 heavy (non-hydrogen) atoms. The monoisotopic (exact) mass is 441 g/mol. The van der Waals surface area contributed by atoms with Gasteiger partial charge in [-0.05, 0) is 24.3 Å². The molecule has 1 aromatic carbocycles. The lowest BCUT2D eigenvalue weighted by Crippen LogP contribution is -2.36. The highest BCUT2D eigenvalue weighted by atomic mass is 35.5. The van der Waals surface area contributed by atoms with E-state index in [1.807, 2.05) is 5.32 Å². The van der Waals surface area contributed by atoms with E-state index < -0.39 is 41.4 Å². The Bertz CT molecular complexity index is 1060. The predicted molar refractivity (Wildman–Crippen MR) is 100 cm³/mol. The maximum atomic E-state index is 14.6. The topological polar surface area (TPSA) is 54.9 Å². The number of carbonyl (C=O) groups excluding carboxylic acids is 1. The summed E-state index contributed by atoms with van der Waals surface area (Å²) in [6.07, 6.45) is -0.583. The summed E-state index contributed by atoms with van der Waals surface area (Å²) in [5.74, 6) is -5.00. The molecule has 0 unspecified atom stereocenters. The molecule has 10 heteroatoms. The highest BCUT2D eigenvalue weighted by molar-refractivity contribution is 6.31. The Balaban J connectivity index is 1.78. The average molecular weight is 442 g/mol. The number of nitrogens with one attached hydrogen (secondary N) is 1. The van der Waals surface area contributed by atoms with E-state index in [4.69, 9.17) is 11.6 Å². The number of rotatable bonds is 5. The van der Waals surface area contributed by atoms with Crippen molar-refractivity contribution in [2.75, 3.05) is 6.54 Å². The summed E-state index contributed by atoms with van der Waals surface area (Å²) in [5.41, 5.74) is -1.72. The van der Waals surface area contributed by atoms with Crippen molar-refractivity contribution < 1.29 is 26.7 Å². The van der Waals surface area contributed by atoms with Crippen LogP contribution in [0.3, 0.4) is 0 Å². The van der Waals surface area contributed by atoms with Crippen LogP contribution < -0.4 is 5.32 Å². The molecule has 0 aliphatic carbocycles. The van der Waals surface area contributed by atoms with Gasteiger partial charge >= 0.3 is 12.1 Å². The van der Waals surface area contributed by atoms with Gasteiger partial charge in [-0.15, -0.1) is 0 Å². The molecule has 0 spiro atoms. The summed E-state index contributed by atoms with van der Waals surface area (Å²) in [6.45, 7) is -1.28. The lowest BCUT2D eigenvalue weighted by atomic mass is 10.1. The molecule has 4 nitrogen and oxygen atoms in total. The fraction of sp³-hybridized carbons (Fsp3) is 0.150. The first-order valence-corrected chi connectivity index (χ1v) is 8.86. The van der Waals surface area contributed by atoms with E-state index in [-0.39, 0.29) is 5.02 Å². The quantitative estimate of drug-likeness (QED) is 0.544. The number of amides is 1. The van der Waals surface area contributed by atoms with Crippen LogP contribution in [0.4, 0.5) is 22.0 Å². The Labute approximate surface area is 172 Å². The minimum Gasteiger partial charge on any atom is -0.346 e. The third kappa shape index (κ3) is 4.73. The molecule has 0 fully saturated rings. The predicted octanol–water partition coefficient (Wildman–Crippen LogP) is 5.34. The van der Waals surface area contributed by atoms with Crippen molar-refractivity contribution >= 4 is 17.5 Å². The third-order valence-electron chi connectivity index (χ3n) is 4.13. The largest absolute Gasteiger partial charge is 0.417 e. The Kier molecular flexibility index (Phi) is 6.02. The van der Waals surface area contributed by atoms with Crippen LogP contribution in [0.15, 0.2) is 61.1 Å². The zero-order chi connectivity index (χ0) is 21.9. The molecular formula is C20H13ClF5N3O. The standard InChI is InChI=1S/C20H13ClF5N3O/c21-16-8-13(12-4-3-7-27-9-12)10-28-17(16)19(22,23)11-29-18(30)14-5-1-2-6-15(14)20(24,25)26/h1-10H,11H2,(H,29,30). The zero-order valence-electron chi connectivity index (χ0n) is 15.1. The number of hydrogen-bond acceptors (Lipinski definition) is 3. The third-order valence-corrected chi connectivity index (χ3v) is 4.42. The minimum atomic E-state index is -4.80. The Morgan fingerprint density at radius 1 is 1.00 bits per heavy atom. The van der Waals surface area contributed by atoms with Gasteiger partial charge < -0.3 is 5.32 Å². The maximum Gasteiger partial charge on any atom is 0.417 e. The summed E-state index contributed by atoms with van der Waals surface area (Å²) < 4.78 is 68.2. The van der Waals surface area contributed by atoms with E-state index in [2.05, 4.69) is 9.97 Å². The molecule has 1 N–H and O–H groups in total. The zero-order valence-corrected chi connectivity index (χ0v) is 15.8. The molecule has 2 aromatic heterocycles. The lowest BCUT2D eigenvalue weighted by Gasteiger charge is -2.19. The molecule has 0 bridgehead atoms. The molecule has 0 aliphatic rings. The van der Waals surface area contributed by atoms with Gasteiger partial charge in [0.05, 0.1) is 22.7 Å². The van der Waals surface area contributed by atoms with E-state index in [0.29, 0.717) is 17.2 Å². The Morgan fingerprint density at radius 2 is 1.73 bits per heavy atom. The van der Waals surface area contributed by atoms with Crippen LogP contribution in [0.1, 0.15) is 21.6 Å². The van der Waals surface area contributed by atoms with Gasteiger partial charge in [0.25, 0.3) is 5.91 Å². The molecule has 156 valence electrons. The number of nitrogens with zero attached hydrogens (tertiary/aromatic N) is 2. The maximum absolute atomic E-state index is 14.6. The van der Waals surface area contributed by atoms with Crippen LogP contribution in [0.25, 0.3) is 11.1 Å². The minimum absolute atomic E-state index is 0.355. The van der Waals surface area contributed by atoms with Crippen molar-refractivity contribution in [2.45, 2.75) is 12.1 Å². The smallest absolute Gasteiger partial charge is 0.346 e. The number of halogens is 6. The van der Waals surface area contributed by atoms with Crippen molar-refractivity contribution in [1.82, 2.24) is 15.3 Å². The van der Waals surface area contributed by atoms with Gasteiger partial charge in [-0.3, -0.25) is 14.8 Å². The molecule has 2 heterocycles. The second-order valence-electron chi connectivity index (χ2n) is 6.23. The normalized spacial score (nSPS) is 11.9. The summed E-state index contributed by atoms with van der Waals surface area (Å²) in [5, 5.41) is 1.47. The summed E-state index contributed by atoms with van der Waals surface area (Å²) in [4.78, 5) is 19.7. The van der Waals surface area contributed by atoms with Crippen molar-refractivity contribution in [2.24, 2.45) is 0 Å². The van der Waals surface area contributed by atoms with Crippen LogP contribution in [0, 0.1) is 0 Å². The number of hydrogen-bond donors (Lipinski definition) is 1.